The topological polar surface area (TPSA) is 0 Å². The van der Waals surface area contributed by atoms with Gasteiger partial charge in [0.25, 0.3) is 0 Å². The van der Waals surface area contributed by atoms with Crippen molar-refractivity contribution in [2.75, 3.05) is 0 Å². The number of allylic oxidation sites excluding steroid dienone is 2. The monoisotopic (exact) mass is 136 g/mol. The van der Waals surface area contributed by atoms with E-state index in [0.29, 0.717) is 5.41 Å². The van der Waals surface area contributed by atoms with Crippen LogP contribution in [0.15, 0.2) is 12.2 Å². The van der Waals surface area contributed by atoms with Gasteiger partial charge in [0, 0.05) is 0 Å². The van der Waals surface area contributed by atoms with Gasteiger partial charge >= 0.3 is 0 Å². The smallest absolute Gasteiger partial charge is 0.0202 e. The molecule has 1 fully saturated rings. The summed E-state index contributed by atoms with van der Waals surface area (Å²) in [6, 6.07) is 0. The lowest BCUT2D eigenvalue weighted by Crippen LogP contribution is -2.22. The van der Waals surface area contributed by atoms with E-state index in [1.165, 1.54) is 19.3 Å². The van der Waals surface area contributed by atoms with Crippen LogP contribution in [0.1, 0.15) is 33.1 Å². The average Bonchev–Trinajstić information content (AvgIpc) is 2.65. The van der Waals surface area contributed by atoms with E-state index in [9.17, 15) is 0 Å². The van der Waals surface area contributed by atoms with Crippen LogP contribution in [-0.4, -0.2) is 0 Å². The molecule has 56 valence electrons. The molecular weight excluding hydrogens is 120 g/mol. The van der Waals surface area contributed by atoms with E-state index in [0.717, 1.165) is 11.8 Å². The van der Waals surface area contributed by atoms with Crippen molar-refractivity contribution in [1.82, 2.24) is 0 Å². The van der Waals surface area contributed by atoms with Crippen LogP contribution in [0.3, 0.4) is 0 Å². The van der Waals surface area contributed by atoms with Crippen LogP contribution in [0.4, 0.5) is 0 Å². The molecule has 0 amide bonds. The minimum atomic E-state index is 0.653. The van der Waals surface area contributed by atoms with E-state index in [2.05, 4.69) is 26.0 Å². The molecule has 2 unspecified atom stereocenters. The fourth-order valence-electron chi connectivity index (χ4n) is 2.21. The summed E-state index contributed by atoms with van der Waals surface area (Å²) in [6.07, 6.45) is 9.06. The Hall–Kier alpha value is -0.260. The highest BCUT2D eigenvalue weighted by Gasteiger charge is 2.45. The maximum absolute atomic E-state index is 2.45. The van der Waals surface area contributed by atoms with Gasteiger partial charge < -0.3 is 0 Å². The second kappa shape index (κ2) is 1.87. The third-order valence-corrected chi connectivity index (χ3v) is 3.53. The van der Waals surface area contributed by atoms with E-state index >= 15 is 0 Å². The van der Waals surface area contributed by atoms with Gasteiger partial charge in [-0.15, -0.1) is 0 Å². The number of rotatable bonds is 1. The van der Waals surface area contributed by atoms with Gasteiger partial charge in [-0.25, -0.2) is 0 Å². The van der Waals surface area contributed by atoms with Crippen LogP contribution in [0.2, 0.25) is 0 Å². The summed E-state index contributed by atoms with van der Waals surface area (Å²) in [5, 5.41) is 0. The lowest BCUT2D eigenvalue weighted by molar-refractivity contribution is 0.222. The van der Waals surface area contributed by atoms with Gasteiger partial charge in [0.2, 0.25) is 0 Å². The molecule has 0 nitrogen and oxygen atoms in total. The molecule has 0 radical (unpaired) electrons. The van der Waals surface area contributed by atoms with Crippen LogP contribution in [0.5, 0.6) is 0 Å². The Morgan fingerprint density at radius 2 is 2.10 bits per heavy atom. The summed E-state index contributed by atoms with van der Waals surface area (Å²) in [5.74, 6) is 1.89. The average molecular weight is 136 g/mol. The summed E-state index contributed by atoms with van der Waals surface area (Å²) >= 11 is 0. The molecule has 2 rings (SSSR count). The zero-order chi connectivity index (χ0) is 7.19. The molecule has 0 heteroatoms. The SMILES string of the molecule is CC1C=CCC1(C)C1CC1. The predicted octanol–water partition coefficient (Wildman–Crippen LogP) is 3.00. The first-order valence-electron chi connectivity index (χ1n) is 4.40. The molecule has 0 aromatic heterocycles. The van der Waals surface area contributed by atoms with Gasteiger partial charge in [0.05, 0.1) is 0 Å². The summed E-state index contributed by atoms with van der Waals surface area (Å²) in [4.78, 5) is 0. The van der Waals surface area contributed by atoms with Crippen molar-refractivity contribution < 1.29 is 0 Å². The highest BCUT2D eigenvalue weighted by atomic mass is 14.5. The van der Waals surface area contributed by atoms with Gasteiger partial charge in [0.1, 0.15) is 0 Å². The highest BCUT2D eigenvalue weighted by Crippen LogP contribution is 2.54. The molecule has 0 spiro atoms. The Morgan fingerprint density at radius 1 is 1.40 bits per heavy atom. The van der Waals surface area contributed by atoms with Crippen LogP contribution >= 0.6 is 0 Å². The predicted molar refractivity (Wildman–Crippen MR) is 43.8 cm³/mol. The second-order valence-electron chi connectivity index (χ2n) is 4.20. The second-order valence-corrected chi connectivity index (χ2v) is 4.20. The Balaban J connectivity index is 2.14. The number of hydrogen-bond donors (Lipinski definition) is 0. The van der Waals surface area contributed by atoms with Gasteiger partial charge in [-0.2, -0.15) is 0 Å². The summed E-state index contributed by atoms with van der Waals surface area (Å²) in [7, 11) is 0. The van der Waals surface area contributed by atoms with Gasteiger partial charge in [-0.3, -0.25) is 0 Å². The van der Waals surface area contributed by atoms with Crippen molar-refractivity contribution in [2.24, 2.45) is 17.3 Å². The third kappa shape index (κ3) is 0.744. The van der Waals surface area contributed by atoms with Crippen molar-refractivity contribution >= 4 is 0 Å². The molecule has 0 aromatic carbocycles. The normalized spacial score (nSPS) is 46.4. The van der Waals surface area contributed by atoms with E-state index in [-0.39, 0.29) is 0 Å². The van der Waals surface area contributed by atoms with Gasteiger partial charge in [-0.05, 0) is 36.5 Å². The molecule has 0 aromatic rings. The maximum atomic E-state index is 2.45. The maximum Gasteiger partial charge on any atom is -0.0202 e. The molecule has 0 aliphatic heterocycles. The molecule has 0 bridgehead atoms. The van der Waals surface area contributed by atoms with Crippen molar-refractivity contribution in [3.63, 3.8) is 0 Å². The molecule has 1 saturated carbocycles. The van der Waals surface area contributed by atoms with Crippen molar-refractivity contribution in [2.45, 2.75) is 33.1 Å². The lowest BCUT2D eigenvalue weighted by Gasteiger charge is -2.29. The van der Waals surface area contributed by atoms with Crippen LogP contribution in [0.25, 0.3) is 0 Å². The Morgan fingerprint density at radius 3 is 2.50 bits per heavy atom. The summed E-state index contributed by atoms with van der Waals surface area (Å²) in [5.41, 5.74) is 0.653. The molecule has 2 aliphatic carbocycles. The molecule has 2 atom stereocenters. The van der Waals surface area contributed by atoms with Crippen LogP contribution < -0.4 is 0 Å². The van der Waals surface area contributed by atoms with Crippen molar-refractivity contribution in [3.05, 3.63) is 12.2 Å². The lowest BCUT2D eigenvalue weighted by atomic mass is 9.76. The third-order valence-electron chi connectivity index (χ3n) is 3.53. The first-order valence-corrected chi connectivity index (χ1v) is 4.40. The first-order chi connectivity index (χ1) is 4.73. The van der Waals surface area contributed by atoms with E-state index in [4.69, 9.17) is 0 Å². The van der Waals surface area contributed by atoms with Crippen LogP contribution in [0, 0.1) is 17.3 Å². The fourth-order valence-corrected chi connectivity index (χ4v) is 2.21. The molecule has 0 heterocycles. The van der Waals surface area contributed by atoms with E-state index in [1.807, 2.05) is 0 Å². The zero-order valence-corrected chi connectivity index (χ0v) is 6.93. The summed E-state index contributed by atoms with van der Waals surface area (Å²) in [6.45, 7) is 4.82. The minimum Gasteiger partial charge on any atom is -0.0877 e. The minimum absolute atomic E-state index is 0.653. The summed E-state index contributed by atoms with van der Waals surface area (Å²) < 4.78 is 0. The Kier molecular flexibility index (Phi) is 1.21. The van der Waals surface area contributed by atoms with Gasteiger partial charge in [-0.1, -0.05) is 26.0 Å². The standard InChI is InChI=1S/C10H16/c1-8-4-3-7-10(8,2)9-5-6-9/h3-4,8-9H,5-7H2,1-2H3. The quantitative estimate of drug-likeness (QED) is 0.486. The Labute approximate surface area is 63.3 Å². The zero-order valence-electron chi connectivity index (χ0n) is 6.93. The van der Waals surface area contributed by atoms with Gasteiger partial charge in [0.15, 0.2) is 0 Å². The number of hydrogen-bond acceptors (Lipinski definition) is 0. The highest BCUT2D eigenvalue weighted by molar-refractivity contribution is 5.10. The largest absolute Gasteiger partial charge is 0.0877 e. The first kappa shape index (κ1) is 6.45. The van der Waals surface area contributed by atoms with Crippen molar-refractivity contribution in [3.8, 4) is 0 Å². The molecule has 2 aliphatic rings. The van der Waals surface area contributed by atoms with E-state index < -0.39 is 0 Å². The van der Waals surface area contributed by atoms with Crippen LogP contribution in [-0.2, 0) is 0 Å². The molecular formula is C10H16. The van der Waals surface area contributed by atoms with E-state index in [1.54, 1.807) is 0 Å². The molecule has 0 N–H and O–H groups in total. The molecule has 10 heavy (non-hydrogen) atoms. The molecule has 0 saturated heterocycles. The fraction of sp³-hybridized carbons (Fsp3) is 0.800. The Bertz CT molecular complexity index is 165. The van der Waals surface area contributed by atoms with Crippen molar-refractivity contribution in [1.29, 1.82) is 0 Å².